The van der Waals surface area contributed by atoms with E-state index in [2.05, 4.69) is 0 Å². The largest absolute Gasteiger partial charge is 0.334 e. The van der Waals surface area contributed by atoms with Gasteiger partial charge in [0.2, 0.25) is 0 Å². The van der Waals surface area contributed by atoms with Gasteiger partial charge in [0.1, 0.15) is 0 Å². The third kappa shape index (κ3) is 5.95. The van der Waals surface area contributed by atoms with Gasteiger partial charge in [0.25, 0.3) is 5.69 Å². The van der Waals surface area contributed by atoms with Gasteiger partial charge in [0.15, 0.2) is 8.38 Å². The van der Waals surface area contributed by atoms with E-state index in [-0.39, 0.29) is 11.3 Å². The predicted molar refractivity (Wildman–Crippen MR) is 83.0 cm³/mol. The van der Waals surface area contributed by atoms with E-state index in [0.29, 0.717) is 13.2 Å². The summed E-state index contributed by atoms with van der Waals surface area (Å²) in [5.41, 5.74) is 1.19. The first-order valence-corrected chi connectivity index (χ1v) is 8.14. The van der Waals surface area contributed by atoms with Crippen LogP contribution in [0.2, 0.25) is 0 Å². The van der Waals surface area contributed by atoms with Crippen LogP contribution in [0.3, 0.4) is 0 Å². The summed E-state index contributed by atoms with van der Waals surface area (Å²) in [6, 6.07) is 6.54. The first-order chi connectivity index (χ1) is 9.60. The molecule has 0 aliphatic heterocycles. The van der Waals surface area contributed by atoms with E-state index in [1.165, 1.54) is 12.1 Å². The number of nitro groups is 1. The fraction of sp³-hybridized carbons (Fsp3) is 0.571. The number of hydrogen-bond donors (Lipinski definition) is 0. The Hall–Kier alpha value is -1.03. The van der Waals surface area contributed by atoms with E-state index >= 15 is 0 Å². The lowest BCUT2D eigenvalue weighted by atomic mass is 10.1. The zero-order valence-electron chi connectivity index (χ0n) is 12.8. The zero-order chi connectivity index (χ0) is 15.5. The van der Waals surface area contributed by atoms with Crippen molar-refractivity contribution >= 4 is 14.1 Å². The second-order valence-electron chi connectivity index (χ2n) is 3.65. The minimum atomic E-state index is -0.993. The molecule has 6 heteroatoms. The summed E-state index contributed by atoms with van der Waals surface area (Å²) in [5.74, 6) is 0. The van der Waals surface area contributed by atoms with Gasteiger partial charge in [0, 0.05) is 12.1 Å². The molecule has 114 valence electrons. The molecular weight excluding hydrogens is 277 g/mol. The van der Waals surface area contributed by atoms with Crippen molar-refractivity contribution in [3.63, 3.8) is 0 Å². The van der Waals surface area contributed by atoms with E-state index < -0.39 is 13.3 Å². The minimum Gasteiger partial charge on any atom is -0.334 e. The average Bonchev–Trinajstić information content (AvgIpc) is 2.48. The fourth-order valence-corrected chi connectivity index (χ4v) is 2.96. The standard InChI is InChI=1S/C12H18NO4P.C2H6/c1-4-16-18(17-5-2)10(3)11-6-8-12(9-7-11)13(14)15;1-2/h6-10H,4-5H2,1-3H3;1-2H3. The quantitative estimate of drug-likeness (QED) is 0.401. The highest BCUT2D eigenvalue weighted by molar-refractivity contribution is 7.47. The van der Waals surface area contributed by atoms with Crippen LogP contribution in [-0.4, -0.2) is 18.1 Å². The molecule has 5 nitrogen and oxygen atoms in total. The fourth-order valence-electron chi connectivity index (χ4n) is 1.51. The van der Waals surface area contributed by atoms with Gasteiger partial charge in [-0.05, 0) is 26.3 Å². The molecule has 1 unspecified atom stereocenters. The van der Waals surface area contributed by atoms with Crippen molar-refractivity contribution in [2.75, 3.05) is 13.2 Å². The molecular formula is C14H24NO4P. The molecule has 0 bridgehead atoms. The summed E-state index contributed by atoms with van der Waals surface area (Å²) in [6.07, 6.45) is 0. The lowest BCUT2D eigenvalue weighted by molar-refractivity contribution is -0.384. The Bertz CT molecular complexity index is 377. The number of rotatable bonds is 7. The number of benzene rings is 1. The molecule has 0 N–H and O–H groups in total. The minimum absolute atomic E-state index is 0.0979. The first kappa shape index (κ1) is 19.0. The Kier molecular flexibility index (Phi) is 10.2. The lowest BCUT2D eigenvalue weighted by Crippen LogP contribution is -1.99. The first-order valence-electron chi connectivity index (χ1n) is 6.89. The number of non-ortho nitro benzene ring substituents is 1. The molecule has 1 aromatic carbocycles. The molecule has 0 saturated heterocycles. The van der Waals surface area contributed by atoms with Crippen LogP contribution in [0.25, 0.3) is 0 Å². The molecule has 0 spiro atoms. The van der Waals surface area contributed by atoms with Gasteiger partial charge in [-0.25, -0.2) is 0 Å². The van der Waals surface area contributed by atoms with Crippen molar-refractivity contribution in [2.24, 2.45) is 0 Å². The van der Waals surface area contributed by atoms with Crippen molar-refractivity contribution in [3.8, 4) is 0 Å². The van der Waals surface area contributed by atoms with Crippen LogP contribution in [0.15, 0.2) is 24.3 Å². The van der Waals surface area contributed by atoms with Gasteiger partial charge in [-0.15, -0.1) is 0 Å². The monoisotopic (exact) mass is 301 g/mol. The number of hydrogen-bond acceptors (Lipinski definition) is 4. The van der Waals surface area contributed by atoms with Crippen molar-refractivity contribution < 1.29 is 14.0 Å². The van der Waals surface area contributed by atoms with Gasteiger partial charge in [-0.3, -0.25) is 10.1 Å². The summed E-state index contributed by atoms with van der Waals surface area (Å²) in [4.78, 5) is 10.2. The summed E-state index contributed by atoms with van der Waals surface area (Å²) >= 11 is 0. The molecule has 0 amide bonds. The third-order valence-electron chi connectivity index (χ3n) is 2.42. The normalized spacial score (nSPS) is 11.7. The maximum atomic E-state index is 10.6. The van der Waals surface area contributed by atoms with Crippen molar-refractivity contribution in [3.05, 3.63) is 39.9 Å². The highest BCUT2D eigenvalue weighted by Gasteiger charge is 2.21. The van der Waals surface area contributed by atoms with Crippen LogP contribution in [0.4, 0.5) is 5.69 Å². The predicted octanol–water partition coefficient (Wildman–Crippen LogP) is 5.07. The highest BCUT2D eigenvalue weighted by atomic mass is 31.2. The highest BCUT2D eigenvalue weighted by Crippen LogP contribution is 2.52. The molecule has 0 aliphatic rings. The molecule has 0 aliphatic carbocycles. The van der Waals surface area contributed by atoms with Crippen molar-refractivity contribution in [1.82, 2.24) is 0 Å². The maximum Gasteiger partial charge on any atom is 0.269 e. The second-order valence-corrected chi connectivity index (χ2v) is 5.51. The summed E-state index contributed by atoms with van der Waals surface area (Å²) < 4.78 is 11.2. The Morgan fingerprint density at radius 1 is 1.15 bits per heavy atom. The smallest absolute Gasteiger partial charge is 0.269 e. The van der Waals surface area contributed by atoms with Crippen LogP contribution >= 0.6 is 8.38 Å². The zero-order valence-corrected chi connectivity index (χ0v) is 13.7. The molecule has 1 rings (SSSR count). The van der Waals surface area contributed by atoms with Gasteiger partial charge in [-0.1, -0.05) is 26.0 Å². The molecule has 1 atom stereocenters. The Morgan fingerprint density at radius 3 is 1.95 bits per heavy atom. The molecule has 0 aromatic heterocycles. The SMILES string of the molecule is CC.CCOP(OCC)C(C)c1ccc([N+](=O)[O-])cc1. The average molecular weight is 301 g/mol. The Morgan fingerprint density at radius 2 is 1.60 bits per heavy atom. The summed E-state index contributed by atoms with van der Waals surface area (Å²) in [6.45, 7) is 11.1. The Labute approximate surface area is 122 Å². The maximum absolute atomic E-state index is 10.6. The van der Waals surface area contributed by atoms with Crippen molar-refractivity contribution in [1.29, 1.82) is 0 Å². The third-order valence-corrected chi connectivity index (χ3v) is 4.37. The summed E-state index contributed by atoms with van der Waals surface area (Å²) in [7, 11) is -0.993. The van der Waals surface area contributed by atoms with Crippen LogP contribution in [0.5, 0.6) is 0 Å². The number of nitrogens with zero attached hydrogens (tertiary/aromatic N) is 1. The van der Waals surface area contributed by atoms with Gasteiger partial charge in [0.05, 0.1) is 23.8 Å². The Balaban J connectivity index is 0.00000172. The topological polar surface area (TPSA) is 61.6 Å². The molecule has 0 saturated carbocycles. The van der Waals surface area contributed by atoms with Gasteiger partial charge >= 0.3 is 0 Å². The van der Waals surface area contributed by atoms with Gasteiger partial charge < -0.3 is 9.05 Å². The van der Waals surface area contributed by atoms with Crippen LogP contribution < -0.4 is 0 Å². The van der Waals surface area contributed by atoms with Crippen LogP contribution in [0, 0.1) is 10.1 Å². The molecule has 0 radical (unpaired) electrons. The van der Waals surface area contributed by atoms with Crippen molar-refractivity contribution in [2.45, 2.75) is 40.3 Å². The summed E-state index contributed by atoms with van der Waals surface area (Å²) in [5, 5.41) is 10.6. The number of nitro benzene ring substituents is 1. The molecule has 20 heavy (non-hydrogen) atoms. The molecule has 0 fully saturated rings. The van der Waals surface area contributed by atoms with Crippen LogP contribution in [-0.2, 0) is 9.05 Å². The van der Waals surface area contributed by atoms with E-state index in [1.54, 1.807) is 12.1 Å². The lowest BCUT2D eigenvalue weighted by Gasteiger charge is -2.22. The van der Waals surface area contributed by atoms with Crippen LogP contribution in [0.1, 0.15) is 45.8 Å². The van der Waals surface area contributed by atoms with E-state index in [4.69, 9.17) is 9.05 Å². The van der Waals surface area contributed by atoms with E-state index in [0.717, 1.165) is 5.56 Å². The second kappa shape index (κ2) is 10.7. The van der Waals surface area contributed by atoms with E-state index in [9.17, 15) is 10.1 Å². The van der Waals surface area contributed by atoms with E-state index in [1.807, 2.05) is 34.6 Å². The molecule has 1 aromatic rings. The van der Waals surface area contributed by atoms with Gasteiger partial charge in [-0.2, -0.15) is 0 Å². The molecule has 0 heterocycles.